The van der Waals surface area contributed by atoms with Crippen LogP contribution < -0.4 is 0 Å². The van der Waals surface area contributed by atoms with Gasteiger partial charge in [0.25, 0.3) is 0 Å². The van der Waals surface area contributed by atoms with E-state index >= 15 is 0 Å². The lowest BCUT2D eigenvalue weighted by Crippen LogP contribution is -2.30. The molecule has 0 amide bonds. The first-order chi connectivity index (χ1) is 40.5. The lowest BCUT2D eigenvalue weighted by atomic mass is 10.0. The maximum Gasteiger partial charge on any atom is 0.306 e. The molecule has 0 N–H and O–H groups in total. The van der Waals surface area contributed by atoms with Gasteiger partial charge in [-0.2, -0.15) is 0 Å². The van der Waals surface area contributed by atoms with Crippen LogP contribution in [-0.4, -0.2) is 37.2 Å². The predicted octanol–water partition coefficient (Wildman–Crippen LogP) is 24.4. The Balaban J connectivity index is 4.32. The van der Waals surface area contributed by atoms with E-state index < -0.39 is 6.10 Å². The zero-order valence-corrected chi connectivity index (χ0v) is 54.2. The van der Waals surface area contributed by atoms with Crippen LogP contribution in [-0.2, 0) is 28.6 Å². The van der Waals surface area contributed by atoms with E-state index in [1.165, 1.54) is 186 Å². The number of allylic oxidation sites excluding steroid dienone is 16. The smallest absolute Gasteiger partial charge is 0.306 e. The van der Waals surface area contributed by atoms with Crippen LogP contribution in [0.2, 0.25) is 0 Å². The van der Waals surface area contributed by atoms with Gasteiger partial charge in [0.05, 0.1) is 0 Å². The van der Waals surface area contributed by atoms with Crippen LogP contribution in [0, 0.1) is 0 Å². The van der Waals surface area contributed by atoms with Crippen molar-refractivity contribution in [2.24, 2.45) is 0 Å². The highest BCUT2D eigenvalue weighted by Crippen LogP contribution is 2.18. The van der Waals surface area contributed by atoms with Crippen LogP contribution in [0.4, 0.5) is 0 Å². The third kappa shape index (κ3) is 67.1. The maximum atomic E-state index is 12.9. The average molecular weight is 1140 g/mol. The van der Waals surface area contributed by atoms with Crippen LogP contribution in [0.5, 0.6) is 0 Å². The Bertz CT molecular complexity index is 1590. The van der Waals surface area contributed by atoms with Crippen molar-refractivity contribution in [1.82, 2.24) is 0 Å². The first-order valence-electron chi connectivity index (χ1n) is 35.2. The molecule has 0 aliphatic rings. The summed E-state index contributed by atoms with van der Waals surface area (Å²) >= 11 is 0. The molecule has 0 spiro atoms. The van der Waals surface area contributed by atoms with Crippen LogP contribution >= 0.6 is 0 Å². The Hall–Kier alpha value is -3.67. The van der Waals surface area contributed by atoms with Crippen LogP contribution in [0.1, 0.15) is 348 Å². The average Bonchev–Trinajstić information content (AvgIpc) is 3.47. The summed E-state index contributed by atoms with van der Waals surface area (Å²) in [5.41, 5.74) is 0. The number of ether oxygens (including phenoxy) is 3. The van der Waals surface area contributed by atoms with E-state index in [0.29, 0.717) is 19.3 Å². The monoisotopic (exact) mass is 1140 g/mol. The van der Waals surface area contributed by atoms with Crippen LogP contribution in [0.3, 0.4) is 0 Å². The number of hydrogen-bond acceptors (Lipinski definition) is 6. The number of rotatable bonds is 64. The van der Waals surface area contributed by atoms with E-state index in [2.05, 4.69) is 118 Å². The molecule has 472 valence electrons. The number of carbonyl (C=O) groups is 3. The van der Waals surface area contributed by atoms with E-state index in [-0.39, 0.29) is 31.1 Å². The molecule has 0 aromatic rings. The van der Waals surface area contributed by atoms with Gasteiger partial charge in [-0.3, -0.25) is 14.4 Å². The van der Waals surface area contributed by atoms with Gasteiger partial charge >= 0.3 is 17.9 Å². The summed E-state index contributed by atoms with van der Waals surface area (Å²) in [5, 5.41) is 0. The van der Waals surface area contributed by atoms with Gasteiger partial charge in [0.15, 0.2) is 6.10 Å². The molecule has 82 heavy (non-hydrogen) atoms. The number of unbranched alkanes of at least 4 members (excludes halogenated alkanes) is 37. The number of hydrogen-bond donors (Lipinski definition) is 0. The molecule has 1 unspecified atom stereocenters. The first kappa shape index (κ1) is 78.3. The van der Waals surface area contributed by atoms with Gasteiger partial charge in [0.1, 0.15) is 13.2 Å². The van der Waals surface area contributed by atoms with Gasteiger partial charge in [-0.25, -0.2) is 0 Å². The molecule has 0 aliphatic carbocycles. The molecule has 0 fully saturated rings. The second-order valence-corrected chi connectivity index (χ2v) is 23.4. The van der Waals surface area contributed by atoms with Crippen molar-refractivity contribution in [3.63, 3.8) is 0 Å². The fraction of sp³-hybridized carbons (Fsp3) is 0.750. The fourth-order valence-electron chi connectivity index (χ4n) is 10.1. The Morgan fingerprint density at radius 1 is 0.256 bits per heavy atom. The zero-order valence-electron chi connectivity index (χ0n) is 54.2. The number of esters is 3. The summed E-state index contributed by atoms with van der Waals surface area (Å²) in [6, 6.07) is 0. The topological polar surface area (TPSA) is 78.9 Å². The molecule has 6 nitrogen and oxygen atoms in total. The second-order valence-electron chi connectivity index (χ2n) is 23.4. The minimum Gasteiger partial charge on any atom is -0.462 e. The van der Waals surface area contributed by atoms with Crippen LogP contribution in [0.25, 0.3) is 0 Å². The minimum absolute atomic E-state index is 0.0811. The van der Waals surface area contributed by atoms with Crippen molar-refractivity contribution >= 4 is 17.9 Å². The van der Waals surface area contributed by atoms with Crippen molar-refractivity contribution in [3.8, 4) is 0 Å². The molecule has 0 aromatic heterocycles. The van der Waals surface area contributed by atoms with Crippen molar-refractivity contribution < 1.29 is 28.6 Å². The third-order valence-electron chi connectivity index (χ3n) is 15.4. The van der Waals surface area contributed by atoms with Gasteiger partial charge in [0.2, 0.25) is 0 Å². The summed E-state index contributed by atoms with van der Waals surface area (Å²) in [5.74, 6) is -0.889. The maximum absolute atomic E-state index is 12.9. The Kier molecular flexibility index (Phi) is 66.7. The Morgan fingerprint density at radius 2 is 0.476 bits per heavy atom. The first-order valence-corrected chi connectivity index (χ1v) is 35.2. The molecule has 0 saturated carbocycles. The van der Waals surface area contributed by atoms with E-state index in [9.17, 15) is 14.4 Å². The van der Waals surface area contributed by atoms with E-state index in [0.717, 1.165) is 122 Å². The molecule has 0 saturated heterocycles. The summed E-state index contributed by atoms with van der Waals surface area (Å²) in [7, 11) is 0. The lowest BCUT2D eigenvalue weighted by Gasteiger charge is -2.18. The fourth-order valence-corrected chi connectivity index (χ4v) is 10.1. The Labute approximate surface area is 508 Å². The quantitative estimate of drug-likeness (QED) is 0.0261. The van der Waals surface area contributed by atoms with Gasteiger partial charge in [-0.05, 0) is 83.5 Å². The van der Waals surface area contributed by atoms with Gasteiger partial charge in [-0.15, -0.1) is 0 Å². The summed E-state index contributed by atoms with van der Waals surface area (Å²) < 4.78 is 17.0. The highest BCUT2D eigenvalue weighted by molar-refractivity contribution is 5.71. The molecule has 0 bridgehead atoms. The second kappa shape index (κ2) is 69.8. The molecule has 0 heterocycles. The molecule has 0 radical (unpaired) electrons. The Morgan fingerprint density at radius 3 is 0.744 bits per heavy atom. The van der Waals surface area contributed by atoms with Crippen LogP contribution in [0.15, 0.2) is 97.2 Å². The van der Waals surface area contributed by atoms with Gasteiger partial charge in [0, 0.05) is 19.3 Å². The van der Waals surface area contributed by atoms with Gasteiger partial charge < -0.3 is 14.2 Å². The van der Waals surface area contributed by atoms with Crippen molar-refractivity contribution in [2.75, 3.05) is 13.2 Å². The number of carbonyl (C=O) groups excluding carboxylic acids is 3. The van der Waals surface area contributed by atoms with E-state index in [1.807, 2.05) is 0 Å². The normalized spacial score (nSPS) is 12.7. The highest BCUT2D eigenvalue weighted by Gasteiger charge is 2.19. The summed E-state index contributed by atoms with van der Waals surface area (Å²) in [6.07, 6.45) is 94.3. The molecule has 0 aromatic carbocycles. The van der Waals surface area contributed by atoms with Crippen molar-refractivity contribution in [2.45, 2.75) is 354 Å². The molecular formula is C76H132O6. The highest BCUT2D eigenvalue weighted by atomic mass is 16.6. The third-order valence-corrected chi connectivity index (χ3v) is 15.4. The molecule has 6 heteroatoms. The molecule has 1 atom stereocenters. The molecule has 0 rings (SSSR count). The predicted molar refractivity (Wildman–Crippen MR) is 357 cm³/mol. The summed E-state index contributed by atoms with van der Waals surface area (Å²) in [4.78, 5) is 38.4. The van der Waals surface area contributed by atoms with Crippen molar-refractivity contribution in [3.05, 3.63) is 97.2 Å². The van der Waals surface area contributed by atoms with Gasteiger partial charge in [-0.1, -0.05) is 343 Å². The lowest BCUT2D eigenvalue weighted by molar-refractivity contribution is -0.167. The van der Waals surface area contributed by atoms with Crippen molar-refractivity contribution in [1.29, 1.82) is 0 Å². The zero-order chi connectivity index (χ0) is 59.2. The molecule has 0 aliphatic heterocycles. The molecular weight excluding hydrogens is 1010 g/mol. The standard InChI is InChI=1S/C76H132O6/c1-4-7-10-13-16-19-22-25-27-29-31-33-35-36-37-38-39-40-42-43-45-47-49-51-54-57-60-63-66-69-75(78)81-72-73(71-80-74(77)68-65-62-59-56-53-24-21-18-15-12-9-6-3)82-76(79)70-67-64-61-58-55-52-50-48-46-44-41-34-32-30-28-26-23-20-17-14-11-8-5-2/h7,10,16,19,25,27,31,33,36-37,39-40,43,45,49,51,73H,4-6,8-9,11-15,17-18,20-24,26,28-30,32,34-35,38,41-42,44,46-48,50,52-72H2,1-3H3/b10-7-,19-16-,27-25-,33-31-,37-36-,40-39-,45-43-,51-49-. The largest absolute Gasteiger partial charge is 0.462 e. The summed E-state index contributed by atoms with van der Waals surface area (Å²) in [6.45, 7) is 6.55. The van der Waals surface area contributed by atoms with E-state index in [1.54, 1.807) is 0 Å². The SMILES string of the molecule is CC/C=C\C/C=C\C/C=C\C/C=C\C/C=C\C/C=C\C/C=C\C/C=C\CCCCCCC(=O)OCC(COC(=O)CCCCCCCCCCCCCC)OC(=O)CCCCCCCCCCCCCCCCCCCCCCCCC. The minimum atomic E-state index is -0.787. The van der Waals surface area contributed by atoms with E-state index in [4.69, 9.17) is 14.2 Å².